The fourth-order valence-corrected chi connectivity index (χ4v) is 3.51. The number of nitrogens with zero attached hydrogens (tertiary/aromatic N) is 4. The van der Waals surface area contributed by atoms with E-state index in [2.05, 4.69) is 15.0 Å². The van der Waals surface area contributed by atoms with Crippen LogP contribution in [0.25, 0.3) is 11.2 Å². The lowest BCUT2D eigenvalue weighted by atomic mass is 10.1. The van der Waals surface area contributed by atoms with E-state index in [9.17, 15) is 4.79 Å². The minimum atomic E-state index is -1.41. The van der Waals surface area contributed by atoms with E-state index < -0.39 is 6.29 Å². The third kappa shape index (κ3) is 7.22. The van der Waals surface area contributed by atoms with E-state index in [0.717, 1.165) is 0 Å². The fraction of sp³-hybridized carbons (Fsp3) is 0.280. The van der Waals surface area contributed by atoms with Gasteiger partial charge in [0.2, 0.25) is 0 Å². The van der Waals surface area contributed by atoms with Crippen LogP contribution in [0, 0.1) is 0 Å². The predicted molar refractivity (Wildman–Crippen MR) is 135 cm³/mol. The quantitative estimate of drug-likeness (QED) is 0.238. The molecule has 0 spiro atoms. The average Bonchev–Trinajstić information content (AvgIpc) is 3.33. The zero-order chi connectivity index (χ0) is 26.1. The normalized spacial score (nSPS) is 12.6. The smallest absolute Gasteiger partial charge is 0.338 e. The molecule has 2 aromatic heterocycles. The van der Waals surface area contributed by atoms with Crippen LogP contribution in [0.3, 0.4) is 0 Å². The summed E-state index contributed by atoms with van der Waals surface area (Å²) in [4.78, 5) is 24.5. The Morgan fingerprint density at radius 2 is 1.78 bits per heavy atom. The van der Waals surface area contributed by atoms with Crippen LogP contribution in [0.15, 0.2) is 67.3 Å². The summed E-state index contributed by atoms with van der Waals surface area (Å²) in [7, 11) is 1.60. The van der Waals surface area contributed by atoms with Crippen molar-refractivity contribution in [1.29, 1.82) is 0 Å². The molecule has 2 aromatic carbocycles. The first-order chi connectivity index (χ1) is 17.3. The summed E-state index contributed by atoms with van der Waals surface area (Å²) < 4.78 is 12.8. The first-order valence-electron chi connectivity index (χ1n) is 11.1. The summed E-state index contributed by atoms with van der Waals surface area (Å²) in [6.45, 7) is 2.18. The number of fused-ring (bicyclic) bond motifs is 1. The van der Waals surface area contributed by atoms with Crippen molar-refractivity contribution in [2.75, 3.05) is 19.5 Å². The Hall–Kier alpha value is -3.57. The molecule has 0 bridgehead atoms. The molecular weight excluding hydrogens is 486 g/mol. The molecule has 36 heavy (non-hydrogen) atoms. The number of aromatic nitrogens is 4. The molecule has 0 aliphatic carbocycles. The Balaban J connectivity index is 0.000000303. The lowest BCUT2D eigenvalue weighted by Crippen LogP contribution is -2.24. The number of aliphatic hydroxyl groups is 2. The monoisotopic (exact) mass is 513 g/mol. The number of hydrogen-bond donors (Lipinski definition) is 3. The van der Waals surface area contributed by atoms with Gasteiger partial charge in [-0.1, -0.05) is 41.9 Å². The largest absolute Gasteiger partial charge is 0.459 e. The Kier molecular flexibility index (Phi) is 9.71. The molecule has 10 nitrogen and oxygen atoms in total. The zero-order valence-electron chi connectivity index (χ0n) is 19.9. The molecule has 0 saturated heterocycles. The number of anilines is 1. The number of aliphatic hydroxyl groups excluding tert-OH is 1. The SMILES string of the molecule is COC(COC(=O)c1ccccc1)C[C@H](C)n1cnc2c(N)ncnc21.OC(O)c1ccc(Cl)cc1. The molecule has 0 saturated carbocycles. The minimum absolute atomic E-state index is 0.0228. The van der Waals surface area contributed by atoms with Crippen molar-refractivity contribution < 1.29 is 24.5 Å². The highest BCUT2D eigenvalue weighted by Gasteiger charge is 2.19. The van der Waals surface area contributed by atoms with Gasteiger partial charge in [-0.3, -0.25) is 0 Å². The average molecular weight is 514 g/mol. The first kappa shape index (κ1) is 27.0. The number of nitrogen functional groups attached to an aromatic ring is 1. The van der Waals surface area contributed by atoms with E-state index >= 15 is 0 Å². The summed E-state index contributed by atoms with van der Waals surface area (Å²) in [6, 6.07) is 15.2. The van der Waals surface area contributed by atoms with Crippen molar-refractivity contribution in [3.63, 3.8) is 0 Å². The molecule has 4 N–H and O–H groups in total. The second-order valence-corrected chi connectivity index (χ2v) is 8.35. The maximum atomic E-state index is 12.1. The molecule has 0 radical (unpaired) electrons. The number of imidazole rings is 1. The fourth-order valence-electron chi connectivity index (χ4n) is 3.38. The number of esters is 1. The summed E-state index contributed by atoms with van der Waals surface area (Å²) in [5.74, 6) is -0.0186. The first-order valence-corrected chi connectivity index (χ1v) is 11.5. The number of benzene rings is 2. The molecule has 2 atom stereocenters. The van der Waals surface area contributed by atoms with Gasteiger partial charge in [-0.25, -0.2) is 19.7 Å². The van der Waals surface area contributed by atoms with E-state index in [4.69, 9.17) is 37.0 Å². The summed E-state index contributed by atoms with van der Waals surface area (Å²) in [6.07, 6.45) is 2.06. The van der Waals surface area contributed by atoms with Crippen molar-refractivity contribution in [3.8, 4) is 0 Å². The molecule has 1 unspecified atom stereocenters. The van der Waals surface area contributed by atoms with Crippen LogP contribution < -0.4 is 5.73 Å². The van der Waals surface area contributed by atoms with Crippen molar-refractivity contribution in [3.05, 3.63) is 83.4 Å². The number of nitrogens with two attached hydrogens (primary N) is 1. The number of halogens is 1. The Morgan fingerprint density at radius 1 is 1.08 bits per heavy atom. The number of methoxy groups -OCH3 is 1. The number of ether oxygens (including phenoxy) is 2. The summed E-state index contributed by atoms with van der Waals surface area (Å²) in [5, 5.41) is 17.8. The molecule has 4 aromatic rings. The van der Waals surface area contributed by atoms with E-state index in [0.29, 0.717) is 39.6 Å². The van der Waals surface area contributed by atoms with Gasteiger partial charge in [-0.15, -0.1) is 0 Å². The molecule has 0 aliphatic heterocycles. The van der Waals surface area contributed by atoms with Gasteiger partial charge < -0.3 is 30.0 Å². The van der Waals surface area contributed by atoms with Gasteiger partial charge in [0.1, 0.15) is 18.5 Å². The van der Waals surface area contributed by atoms with Gasteiger partial charge >= 0.3 is 5.97 Å². The third-order valence-electron chi connectivity index (χ3n) is 5.38. The third-order valence-corrected chi connectivity index (χ3v) is 5.63. The van der Waals surface area contributed by atoms with Gasteiger partial charge in [-0.05, 0) is 37.6 Å². The maximum Gasteiger partial charge on any atom is 0.338 e. The lowest BCUT2D eigenvalue weighted by Gasteiger charge is -2.21. The lowest BCUT2D eigenvalue weighted by molar-refractivity contribution is -0.0424. The van der Waals surface area contributed by atoms with Crippen molar-refractivity contribution >= 4 is 34.6 Å². The number of hydrogen-bond acceptors (Lipinski definition) is 9. The van der Waals surface area contributed by atoms with Crippen LogP contribution in [-0.4, -0.2) is 55.5 Å². The van der Waals surface area contributed by atoms with Gasteiger partial charge in [0, 0.05) is 23.7 Å². The van der Waals surface area contributed by atoms with E-state index in [1.807, 2.05) is 17.6 Å². The summed E-state index contributed by atoms with van der Waals surface area (Å²) in [5.41, 5.74) is 8.03. The van der Waals surface area contributed by atoms with Crippen LogP contribution in [0.4, 0.5) is 5.82 Å². The highest BCUT2D eigenvalue weighted by atomic mass is 35.5. The second-order valence-electron chi connectivity index (χ2n) is 7.92. The maximum absolute atomic E-state index is 12.1. The van der Waals surface area contributed by atoms with Gasteiger partial charge in [0.05, 0.1) is 18.0 Å². The molecule has 0 amide bonds. The zero-order valence-corrected chi connectivity index (χ0v) is 20.6. The van der Waals surface area contributed by atoms with E-state index in [-0.39, 0.29) is 24.7 Å². The minimum Gasteiger partial charge on any atom is -0.459 e. The number of rotatable bonds is 8. The van der Waals surface area contributed by atoms with Crippen molar-refractivity contribution in [1.82, 2.24) is 19.5 Å². The molecule has 0 fully saturated rings. The van der Waals surface area contributed by atoms with Crippen LogP contribution >= 0.6 is 11.6 Å². The van der Waals surface area contributed by atoms with Gasteiger partial charge in [0.15, 0.2) is 17.8 Å². The van der Waals surface area contributed by atoms with Crippen LogP contribution in [0.1, 0.15) is 41.6 Å². The van der Waals surface area contributed by atoms with Crippen LogP contribution in [0.5, 0.6) is 0 Å². The molecule has 0 aliphatic rings. The van der Waals surface area contributed by atoms with Gasteiger partial charge in [0.25, 0.3) is 0 Å². The molecule has 4 rings (SSSR count). The van der Waals surface area contributed by atoms with E-state index in [1.165, 1.54) is 6.33 Å². The molecular formula is C25H28ClN5O5. The summed E-state index contributed by atoms with van der Waals surface area (Å²) >= 11 is 5.55. The standard InChI is InChI=1S/C18H21N5O3.C7H7ClO2/c1-12(23-11-22-15-16(19)20-10-21-17(15)23)8-14(25-2)9-26-18(24)13-6-4-3-5-7-13;8-6-3-1-5(2-4-6)7(9)10/h3-7,10-12,14H,8-9H2,1-2H3,(H2,19,20,21);1-4,7,9-10H/t12-,14?;/m0./s1. The van der Waals surface area contributed by atoms with Crippen molar-refractivity contribution in [2.24, 2.45) is 0 Å². The Bertz CT molecular complexity index is 1250. The predicted octanol–water partition coefficient (Wildman–Crippen LogP) is 3.55. The van der Waals surface area contributed by atoms with Crippen LogP contribution in [-0.2, 0) is 9.47 Å². The Labute approximate surface area is 213 Å². The van der Waals surface area contributed by atoms with Gasteiger partial charge in [-0.2, -0.15) is 0 Å². The Morgan fingerprint density at radius 3 is 2.42 bits per heavy atom. The second kappa shape index (κ2) is 12.9. The topological polar surface area (TPSA) is 146 Å². The van der Waals surface area contributed by atoms with Crippen LogP contribution in [0.2, 0.25) is 5.02 Å². The molecule has 11 heteroatoms. The number of carbonyl (C=O) groups is 1. The van der Waals surface area contributed by atoms with Crippen molar-refractivity contribution in [2.45, 2.75) is 31.8 Å². The van der Waals surface area contributed by atoms with E-state index in [1.54, 1.807) is 62.0 Å². The number of carbonyl (C=O) groups excluding carboxylic acids is 1. The highest BCUT2D eigenvalue weighted by Crippen LogP contribution is 2.22. The molecule has 190 valence electrons. The molecule has 2 heterocycles. The highest BCUT2D eigenvalue weighted by molar-refractivity contribution is 6.30.